The van der Waals surface area contributed by atoms with Gasteiger partial charge in [0.25, 0.3) is 5.56 Å². The summed E-state index contributed by atoms with van der Waals surface area (Å²) in [6.45, 7) is 2.32. The quantitative estimate of drug-likeness (QED) is 0.647. The number of aryl methyl sites for hydroxylation is 1. The maximum atomic E-state index is 12.6. The fourth-order valence-electron chi connectivity index (χ4n) is 2.65. The van der Waals surface area contributed by atoms with E-state index < -0.39 is 5.97 Å². The van der Waals surface area contributed by atoms with Gasteiger partial charge < -0.3 is 9.84 Å². The van der Waals surface area contributed by atoms with Gasteiger partial charge in [-0.3, -0.25) is 9.36 Å². The fraction of sp³-hybridized carbons (Fsp3) is 0.150. The lowest BCUT2D eigenvalue weighted by Gasteiger charge is -2.11. The molecule has 1 N–H and O–H groups in total. The van der Waals surface area contributed by atoms with E-state index in [0.29, 0.717) is 12.2 Å². The number of nitrogens with zero attached hydrogens (tertiary/aromatic N) is 2. The van der Waals surface area contributed by atoms with Crippen molar-refractivity contribution in [3.63, 3.8) is 0 Å². The van der Waals surface area contributed by atoms with Gasteiger partial charge >= 0.3 is 5.97 Å². The lowest BCUT2D eigenvalue weighted by atomic mass is 10.1. The topological polar surface area (TPSA) is 81.4 Å². The molecule has 0 aliphatic carbocycles. The maximum Gasteiger partial charge on any atom is 0.335 e. The number of rotatable bonds is 6. The normalized spacial score (nSPS) is 10.6. The summed E-state index contributed by atoms with van der Waals surface area (Å²) in [5, 5.41) is 9.10. The van der Waals surface area contributed by atoms with E-state index in [4.69, 9.17) is 9.84 Å². The Morgan fingerprint density at radius 3 is 2.59 bits per heavy atom. The molecule has 0 spiro atoms. The van der Waals surface area contributed by atoms with E-state index in [0.717, 1.165) is 11.1 Å². The highest BCUT2D eigenvalue weighted by molar-refractivity contribution is 9.10. The number of hydrogen-bond acceptors (Lipinski definition) is 4. The van der Waals surface area contributed by atoms with Crippen molar-refractivity contribution in [3.05, 3.63) is 91.9 Å². The summed E-state index contributed by atoms with van der Waals surface area (Å²) < 4.78 is 7.32. The molecular weight excluding hydrogens is 412 g/mol. The molecule has 3 aromatic rings. The van der Waals surface area contributed by atoms with E-state index >= 15 is 0 Å². The third-order valence-corrected chi connectivity index (χ3v) is 4.72. The first-order chi connectivity index (χ1) is 13.0. The average molecular weight is 429 g/mol. The summed E-state index contributed by atoms with van der Waals surface area (Å²) in [5.74, 6) is -0.738. The van der Waals surface area contributed by atoms with Crippen LogP contribution in [0.25, 0.3) is 0 Å². The number of carboxylic acid groups (broad SMARTS) is 1. The van der Waals surface area contributed by atoms with Crippen molar-refractivity contribution in [2.45, 2.75) is 20.1 Å². The Balaban J connectivity index is 1.78. The Morgan fingerprint density at radius 2 is 1.93 bits per heavy atom. The van der Waals surface area contributed by atoms with Crippen molar-refractivity contribution in [1.82, 2.24) is 9.55 Å². The molecule has 0 radical (unpaired) electrons. The number of carbonyl (C=O) groups is 1. The third kappa shape index (κ3) is 4.43. The first-order valence-corrected chi connectivity index (χ1v) is 8.99. The molecule has 0 fully saturated rings. The van der Waals surface area contributed by atoms with E-state index in [-0.39, 0.29) is 28.0 Å². The van der Waals surface area contributed by atoms with Crippen LogP contribution in [0.3, 0.4) is 0 Å². The predicted molar refractivity (Wildman–Crippen MR) is 104 cm³/mol. The van der Waals surface area contributed by atoms with E-state index in [9.17, 15) is 9.59 Å². The highest BCUT2D eigenvalue weighted by Gasteiger charge is 2.12. The summed E-state index contributed by atoms with van der Waals surface area (Å²) in [7, 11) is 0. The summed E-state index contributed by atoms with van der Waals surface area (Å²) in [4.78, 5) is 27.9. The third-order valence-electron chi connectivity index (χ3n) is 4.04. The summed E-state index contributed by atoms with van der Waals surface area (Å²) in [6, 6.07) is 14.6. The molecule has 6 nitrogen and oxygen atoms in total. The van der Waals surface area contributed by atoms with Crippen molar-refractivity contribution < 1.29 is 14.6 Å². The summed E-state index contributed by atoms with van der Waals surface area (Å²) in [5.41, 5.74) is 2.40. The molecule has 0 saturated heterocycles. The van der Waals surface area contributed by atoms with Crippen molar-refractivity contribution in [2.24, 2.45) is 0 Å². The van der Waals surface area contributed by atoms with E-state index in [1.54, 1.807) is 19.1 Å². The van der Waals surface area contributed by atoms with Gasteiger partial charge in [-0.25, -0.2) is 9.78 Å². The fourth-order valence-corrected chi connectivity index (χ4v) is 3.09. The number of halogens is 1. The highest BCUT2D eigenvalue weighted by Crippen LogP contribution is 2.19. The van der Waals surface area contributed by atoms with Crippen molar-refractivity contribution in [1.29, 1.82) is 0 Å². The van der Waals surface area contributed by atoms with E-state index in [2.05, 4.69) is 20.9 Å². The van der Waals surface area contributed by atoms with Gasteiger partial charge in [0.1, 0.15) is 17.4 Å². The van der Waals surface area contributed by atoms with E-state index in [1.807, 2.05) is 30.3 Å². The molecule has 3 rings (SSSR count). The smallest absolute Gasteiger partial charge is 0.335 e. The van der Waals surface area contributed by atoms with Crippen molar-refractivity contribution >= 4 is 21.9 Å². The molecule has 7 heteroatoms. The number of ether oxygens (including phenoxy) is 1. The van der Waals surface area contributed by atoms with Crippen LogP contribution < -0.4 is 10.3 Å². The Kier molecular flexibility index (Phi) is 5.71. The second kappa shape index (κ2) is 8.18. The summed E-state index contributed by atoms with van der Waals surface area (Å²) >= 11 is 3.26. The largest absolute Gasteiger partial charge is 0.478 e. The lowest BCUT2D eigenvalue weighted by molar-refractivity contribution is 0.0696. The molecule has 1 aromatic heterocycles. The molecule has 2 aromatic carbocycles. The Hall–Kier alpha value is -2.93. The van der Waals surface area contributed by atoms with Crippen molar-refractivity contribution in [2.75, 3.05) is 0 Å². The zero-order chi connectivity index (χ0) is 19.4. The Labute approximate surface area is 164 Å². The van der Waals surface area contributed by atoms with Gasteiger partial charge in [0.15, 0.2) is 0 Å². The number of carboxylic acids is 1. The highest BCUT2D eigenvalue weighted by atomic mass is 79.9. The molecular formula is C20H17BrN2O4. The van der Waals surface area contributed by atoms with Crippen LogP contribution in [0.2, 0.25) is 0 Å². The zero-order valence-electron chi connectivity index (χ0n) is 14.6. The van der Waals surface area contributed by atoms with Gasteiger partial charge in [0.05, 0.1) is 12.1 Å². The van der Waals surface area contributed by atoms with Crippen LogP contribution in [0.15, 0.2) is 64.1 Å². The second-order valence-corrected chi connectivity index (χ2v) is 6.82. The lowest BCUT2D eigenvalue weighted by Crippen LogP contribution is -2.22. The molecule has 0 aliphatic heterocycles. The van der Waals surface area contributed by atoms with Crippen LogP contribution in [-0.2, 0) is 13.2 Å². The van der Waals surface area contributed by atoms with Gasteiger partial charge in [0, 0.05) is 0 Å². The van der Waals surface area contributed by atoms with Crippen LogP contribution >= 0.6 is 15.9 Å². The van der Waals surface area contributed by atoms with Crippen LogP contribution in [0.1, 0.15) is 27.0 Å². The minimum atomic E-state index is -0.972. The summed E-state index contributed by atoms with van der Waals surface area (Å²) in [6.07, 6.45) is 1.42. The molecule has 0 aliphatic rings. The minimum Gasteiger partial charge on any atom is -0.478 e. The van der Waals surface area contributed by atoms with Gasteiger partial charge in [0.2, 0.25) is 5.88 Å². The molecule has 27 heavy (non-hydrogen) atoms. The molecule has 0 saturated carbocycles. The second-order valence-electron chi connectivity index (χ2n) is 6.03. The van der Waals surface area contributed by atoms with Gasteiger partial charge in [-0.15, -0.1) is 0 Å². The SMILES string of the molecule is Cc1cc(Cn2cnc(OCc3ccccc3)c(Br)c2=O)ccc1C(=O)O. The molecule has 0 amide bonds. The van der Waals surface area contributed by atoms with Crippen LogP contribution in [-0.4, -0.2) is 20.6 Å². The number of hydrogen-bond donors (Lipinski definition) is 1. The van der Waals surface area contributed by atoms with Gasteiger partial charge in [-0.1, -0.05) is 42.5 Å². The van der Waals surface area contributed by atoms with Crippen molar-refractivity contribution in [3.8, 4) is 5.88 Å². The maximum absolute atomic E-state index is 12.6. The molecule has 0 atom stereocenters. The number of aromatic carboxylic acids is 1. The van der Waals surface area contributed by atoms with Gasteiger partial charge in [-0.05, 0) is 45.6 Å². The Bertz CT molecular complexity index is 1030. The first kappa shape index (κ1) is 18.8. The molecule has 0 unspecified atom stereocenters. The molecule has 1 heterocycles. The molecule has 138 valence electrons. The number of aromatic nitrogens is 2. The monoisotopic (exact) mass is 428 g/mol. The minimum absolute atomic E-state index is 0.234. The Morgan fingerprint density at radius 1 is 1.19 bits per heavy atom. The van der Waals surface area contributed by atoms with Gasteiger partial charge in [-0.2, -0.15) is 0 Å². The van der Waals surface area contributed by atoms with Crippen LogP contribution in [0.4, 0.5) is 0 Å². The van der Waals surface area contributed by atoms with Crippen LogP contribution in [0.5, 0.6) is 5.88 Å². The number of benzene rings is 2. The standard InChI is InChI=1S/C20H17BrN2O4/c1-13-9-15(7-8-16(13)20(25)26)10-23-12-22-18(17(21)19(23)24)27-11-14-5-3-2-4-6-14/h2-9,12H,10-11H2,1H3,(H,25,26). The van der Waals surface area contributed by atoms with E-state index in [1.165, 1.54) is 17.0 Å². The predicted octanol–water partition coefficient (Wildman–Crippen LogP) is 3.64. The average Bonchev–Trinajstić information content (AvgIpc) is 2.65. The molecule has 0 bridgehead atoms. The zero-order valence-corrected chi connectivity index (χ0v) is 16.1. The first-order valence-electron chi connectivity index (χ1n) is 8.20. The van der Waals surface area contributed by atoms with Crippen LogP contribution in [0, 0.1) is 6.92 Å².